The second kappa shape index (κ2) is 6.48. The molecule has 1 fully saturated rings. The highest BCUT2D eigenvalue weighted by atomic mass is 32.2. The normalized spacial score (nSPS) is 16.6. The van der Waals surface area contributed by atoms with Crippen LogP contribution in [0, 0.1) is 5.92 Å². The second-order valence-corrected chi connectivity index (χ2v) is 9.23. The molecule has 0 atom stereocenters. The van der Waals surface area contributed by atoms with E-state index in [1.54, 1.807) is 12.1 Å². The molecule has 1 saturated carbocycles. The van der Waals surface area contributed by atoms with Gasteiger partial charge in [0.2, 0.25) is 5.91 Å². The maximum atomic E-state index is 12.8. The van der Waals surface area contributed by atoms with Gasteiger partial charge in [0.05, 0.1) is 10.4 Å². The van der Waals surface area contributed by atoms with Gasteiger partial charge in [-0.3, -0.25) is 14.5 Å². The molecule has 2 N–H and O–H groups in total. The predicted octanol–water partition coefficient (Wildman–Crippen LogP) is 2.22. The quantitative estimate of drug-likeness (QED) is 0.681. The van der Waals surface area contributed by atoms with E-state index in [1.165, 1.54) is 18.2 Å². The van der Waals surface area contributed by atoms with Crippen LogP contribution in [0.5, 0.6) is 0 Å². The molecule has 0 spiro atoms. The van der Waals surface area contributed by atoms with Crippen LogP contribution < -0.4 is 10.5 Å². The molecule has 0 saturated heterocycles. The molecule has 8 nitrogen and oxygen atoms in total. The highest BCUT2D eigenvalue weighted by Gasteiger charge is 2.34. The largest absolute Gasteiger partial charge is 0.417 e. The van der Waals surface area contributed by atoms with Crippen molar-refractivity contribution < 1.29 is 17.6 Å². The maximum Gasteiger partial charge on any atom is 0.417 e. The molecule has 2 aromatic carbocycles. The van der Waals surface area contributed by atoms with Crippen LogP contribution in [-0.4, -0.2) is 30.8 Å². The van der Waals surface area contributed by atoms with E-state index in [2.05, 4.69) is 9.71 Å². The van der Waals surface area contributed by atoms with Crippen LogP contribution in [0.3, 0.4) is 0 Å². The lowest BCUT2D eigenvalue weighted by molar-refractivity contribution is -0.133. The van der Waals surface area contributed by atoms with E-state index < -0.39 is 15.8 Å². The fourth-order valence-electron chi connectivity index (χ4n) is 3.71. The molecule has 0 bridgehead atoms. The number of H-pyrrole nitrogens is 1. The molecule has 1 aliphatic heterocycles. The Hall–Kier alpha value is -3.07. The third kappa shape index (κ3) is 3.42. The van der Waals surface area contributed by atoms with Crippen molar-refractivity contribution in [1.29, 1.82) is 0 Å². The molecule has 150 valence electrons. The summed E-state index contributed by atoms with van der Waals surface area (Å²) in [5, 5.41) is 0. The summed E-state index contributed by atoms with van der Waals surface area (Å²) in [6.45, 7) is 1.21. The van der Waals surface area contributed by atoms with Crippen molar-refractivity contribution in [2.45, 2.75) is 30.7 Å². The summed E-state index contributed by atoms with van der Waals surface area (Å²) in [5.74, 6) is -0.269. The fraction of sp³-hybridized carbons (Fsp3) is 0.300. The molecule has 0 radical (unpaired) electrons. The number of aromatic nitrogens is 1. The molecule has 1 amide bonds. The van der Waals surface area contributed by atoms with Crippen LogP contribution in [0.1, 0.15) is 24.0 Å². The topological polar surface area (TPSA) is 112 Å². The molecule has 2 heterocycles. The van der Waals surface area contributed by atoms with Gasteiger partial charge in [-0.2, -0.15) is 0 Å². The van der Waals surface area contributed by atoms with Crippen molar-refractivity contribution in [1.82, 2.24) is 9.88 Å². The number of sulfonamides is 1. The Morgan fingerprint density at radius 2 is 1.97 bits per heavy atom. The number of nitrogens with one attached hydrogen (secondary N) is 2. The fourth-order valence-corrected chi connectivity index (χ4v) is 4.78. The lowest BCUT2D eigenvalue weighted by atomic mass is 9.99. The third-order valence-corrected chi connectivity index (χ3v) is 6.79. The highest BCUT2D eigenvalue weighted by Crippen LogP contribution is 2.33. The zero-order valence-electron chi connectivity index (χ0n) is 15.5. The van der Waals surface area contributed by atoms with E-state index in [-0.39, 0.29) is 16.7 Å². The van der Waals surface area contributed by atoms with Crippen molar-refractivity contribution in [3.05, 3.63) is 58.1 Å². The predicted molar refractivity (Wildman–Crippen MR) is 106 cm³/mol. The number of carbonyl (C=O) groups is 1. The number of oxazole rings is 1. The summed E-state index contributed by atoms with van der Waals surface area (Å²) in [6.07, 6.45) is 2.70. The Labute approximate surface area is 166 Å². The van der Waals surface area contributed by atoms with Crippen molar-refractivity contribution in [3.63, 3.8) is 0 Å². The van der Waals surface area contributed by atoms with Crippen molar-refractivity contribution in [3.8, 4) is 0 Å². The molecular weight excluding hydrogens is 394 g/mol. The number of fused-ring (bicyclic) bond motifs is 2. The first-order valence-electron chi connectivity index (χ1n) is 9.45. The number of carbonyl (C=O) groups excluding carboxylic acids is 1. The second-order valence-electron chi connectivity index (χ2n) is 7.55. The van der Waals surface area contributed by atoms with E-state index in [4.69, 9.17) is 4.42 Å². The molecule has 2 aliphatic rings. The van der Waals surface area contributed by atoms with E-state index in [9.17, 15) is 18.0 Å². The molecule has 9 heteroatoms. The van der Waals surface area contributed by atoms with Gasteiger partial charge in [-0.25, -0.2) is 13.2 Å². The number of anilines is 1. The Bertz CT molecular complexity index is 1290. The number of hydrogen-bond acceptors (Lipinski definition) is 5. The number of rotatable bonds is 4. The van der Waals surface area contributed by atoms with Gasteiger partial charge >= 0.3 is 5.76 Å². The summed E-state index contributed by atoms with van der Waals surface area (Å²) in [6, 6.07) is 9.61. The standard InChI is InChI=1S/C20H19N3O5S/c24-19(13-1-2-13)23-8-7-12-3-4-15(9-14(12)11-23)22-29(26,27)16-5-6-18-17(10-16)21-20(25)28-18/h3-6,9-10,13,22H,1-2,7-8,11H2,(H,21,25). The summed E-state index contributed by atoms with van der Waals surface area (Å²) in [4.78, 5) is 28.0. The first-order chi connectivity index (χ1) is 13.9. The maximum absolute atomic E-state index is 12.8. The molecule has 3 aromatic rings. The molecule has 0 unspecified atom stereocenters. The summed E-state index contributed by atoms with van der Waals surface area (Å²) in [5.41, 5.74) is 3.14. The van der Waals surface area contributed by atoms with E-state index in [0.717, 1.165) is 30.4 Å². The first-order valence-corrected chi connectivity index (χ1v) is 10.9. The van der Waals surface area contributed by atoms with E-state index >= 15 is 0 Å². The molecule has 29 heavy (non-hydrogen) atoms. The smallest absolute Gasteiger partial charge is 0.408 e. The number of nitrogens with zero attached hydrogens (tertiary/aromatic N) is 1. The average molecular weight is 413 g/mol. The third-order valence-electron chi connectivity index (χ3n) is 5.41. The SMILES string of the molecule is O=C(C1CC1)N1CCc2ccc(NS(=O)(=O)c3ccc4oc(=O)[nH]c4c3)cc2C1. The molecule has 1 aliphatic carbocycles. The van der Waals surface area contributed by atoms with Crippen LogP contribution in [0.25, 0.3) is 11.1 Å². The Morgan fingerprint density at radius 1 is 1.14 bits per heavy atom. The van der Waals surface area contributed by atoms with E-state index in [0.29, 0.717) is 29.9 Å². The van der Waals surface area contributed by atoms with Crippen LogP contribution >= 0.6 is 0 Å². The molecule has 1 aromatic heterocycles. The van der Waals surface area contributed by atoms with Gasteiger partial charge in [-0.1, -0.05) is 6.07 Å². The summed E-state index contributed by atoms with van der Waals surface area (Å²) >= 11 is 0. The monoisotopic (exact) mass is 413 g/mol. The van der Waals surface area contributed by atoms with Gasteiger partial charge < -0.3 is 9.32 Å². The van der Waals surface area contributed by atoms with Crippen LogP contribution in [0.15, 0.2) is 50.5 Å². The van der Waals surface area contributed by atoms with Gasteiger partial charge in [0, 0.05) is 24.7 Å². The minimum Gasteiger partial charge on any atom is -0.408 e. The van der Waals surface area contributed by atoms with Gasteiger partial charge in [-0.15, -0.1) is 0 Å². The van der Waals surface area contributed by atoms with Gasteiger partial charge in [0.1, 0.15) is 0 Å². The van der Waals surface area contributed by atoms with Crippen LogP contribution in [0.2, 0.25) is 0 Å². The first kappa shape index (κ1) is 18.0. The summed E-state index contributed by atoms with van der Waals surface area (Å²) in [7, 11) is -3.85. The highest BCUT2D eigenvalue weighted by molar-refractivity contribution is 7.92. The number of hydrogen-bond donors (Lipinski definition) is 2. The summed E-state index contributed by atoms with van der Waals surface area (Å²) < 4.78 is 33.1. The van der Waals surface area contributed by atoms with Crippen LogP contribution in [0.4, 0.5) is 5.69 Å². The van der Waals surface area contributed by atoms with Crippen molar-refractivity contribution in [2.24, 2.45) is 5.92 Å². The van der Waals surface area contributed by atoms with Crippen molar-refractivity contribution in [2.75, 3.05) is 11.3 Å². The van der Waals surface area contributed by atoms with Gasteiger partial charge in [0.15, 0.2) is 5.58 Å². The number of amides is 1. The number of benzene rings is 2. The lowest BCUT2D eigenvalue weighted by Gasteiger charge is -2.29. The Morgan fingerprint density at radius 3 is 2.76 bits per heavy atom. The Balaban J connectivity index is 1.40. The van der Waals surface area contributed by atoms with Gasteiger partial charge in [0.25, 0.3) is 10.0 Å². The lowest BCUT2D eigenvalue weighted by Crippen LogP contribution is -2.36. The van der Waals surface area contributed by atoms with Gasteiger partial charge in [-0.05, 0) is 60.7 Å². The minimum atomic E-state index is -3.85. The molecule has 5 rings (SSSR count). The van der Waals surface area contributed by atoms with E-state index in [1.807, 2.05) is 11.0 Å². The average Bonchev–Trinajstić information content (AvgIpc) is 3.47. The van der Waals surface area contributed by atoms with Crippen LogP contribution in [-0.2, 0) is 27.8 Å². The minimum absolute atomic E-state index is 0.0188. The molecular formula is C20H19N3O5S. The Kier molecular flexibility index (Phi) is 4.02. The van der Waals surface area contributed by atoms with Crippen molar-refractivity contribution >= 4 is 32.7 Å². The zero-order chi connectivity index (χ0) is 20.2. The zero-order valence-corrected chi connectivity index (χ0v) is 16.3. The number of aromatic amines is 1.